The molecule has 28 heavy (non-hydrogen) atoms. The van der Waals surface area contributed by atoms with Crippen LogP contribution in [0.3, 0.4) is 0 Å². The van der Waals surface area contributed by atoms with Crippen molar-refractivity contribution in [1.82, 2.24) is 20.2 Å². The average Bonchev–Trinajstić information content (AvgIpc) is 2.75. The lowest BCUT2D eigenvalue weighted by Gasteiger charge is -2.26. The fraction of sp³-hybridized carbons (Fsp3) is 0.450. The number of ether oxygens (including phenoxy) is 2. The van der Waals surface area contributed by atoms with Crippen molar-refractivity contribution in [3.8, 4) is 5.75 Å². The highest BCUT2D eigenvalue weighted by Crippen LogP contribution is 2.13. The van der Waals surface area contributed by atoms with Gasteiger partial charge in [0.15, 0.2) is 0 Å². The van der Waals surface area contributed by atoms with E-state index in [0.29, 0.717) is 24.6 Å². The molecule has 1 saturated heterocycles. The Bertz CT molecular complexity index is 748. The van der Waals surface area contributed by atoms with Crippen LogP contribution in [0.15, 0.2) is 36.7 Å². The molecule has 0 spiro atoms. The summed E-state index contributed by atoms with van der Waals surface area (Å²) >= 11 is 0. The first-order valence-electron chi connectivity index (χ1n) is 9.52. The summed E-state index contributed by atoms with van der Waals surface area (Å²) in [4.78, 5) is 22.9. The minimum atomic E-state index is -0.156. The van der Waals surface area contributed by atoms with Crippen LogP contribution in [0.1, 0.15) is 15.9 Å². The van der Waals surface area contributed by atoms with Crippen molar-refractivity contribution < 1.29 is 14.3 Å². The molecule has 1 aromatic heterocycles. The number of hydrogen-bond donors (Lipinski definition) is 2. The van der Waals surface area contributed by atoms with Crippen molar-refractivity contribution >= 4 is 11.9 Å². The maximum Gasteiger partial charge on any atom is 0.254 e. The Balaban J connectivity index is 1.39. The molecule has 0 bridgehead atoms. The minimum Gasteiger partial charge on any atom is -0.497 e. The fourth-order valence-electron chi connectivity index (χ4n) is 2.94. The van der Waals surface area contributed by atoms with Gasteiger partial charge < -0.3 is 20.1 Å². The zero-order chi connectivity index (χ0) is 19.6. The Kier molecular flexibility index (Phi) is 7.57. The highest BCUT2D eigenvalue weighted by molar-refractivity contribution is 5.93. The predicted octanol–water partition coefficient (Wildman–Crippen LogP) is 1.20. The maximum atomic E-state index is 12.2. The number of methoxy groups -OCH3 is 1. The number of morpholine rings is 1. The van der Waals surface area contributed by atoms with Gasteiger partial charge in [0.1, 0.15) is 5.75 Å². The van der Waals surface area contributed by atoms with Crippen molar-refractivity contribution in [2.75, 3.05) is 58.4 Å². The van der Waals surface area contributed by atoms with Crippen molar-refractivity contribution in [2.24, 2.45) is 0 Å². The molecule has 1 aliphatic rings. The molecular formula is C20H27N5O3. The molecule has 3 rings (SSSR count). The number of amides is 1. The first-order chi connectivity index (χ1) is 13.7. The van der Waals surface area contributed by atoms with Crippen molar-refractivity contribution in [3.63, 3.8) is 0 Å². The van der Waals surface area contributed by atoms with E-state index in [9.17, 15) is 4.79 Å². The monoisotopic (exact) mass is 385 g/mol. The van der Waals surface area contributed by atoms with E-state index >= 15 is 0 Å². The van der Waals surface area contributed by atoms with Crippen LogP contribution in [-0.2, 0) is 11.2 Å². The molecule has 2 aromatic rings. The molecule has 2 N–H and O–H groups in total. The number of carbonyl (C=O) groups excluding carboxylic acids is 1. The van der Waals surface area contributed by atoms with E-state index in [1.54, 1.807) is 19.5 Å². The molecule has 0 unspecified atom stereocenters. The summed E-state index contributed by atoms with van der Waals surface area (Å²) in [6.45, 7) is 5.45. The lowest BCUT2D eigenvalue weighted by molar-refractivity contribution is 0.0383. The molecule has 0 saturated carbocycles. The third-order valence-electron chi connectivity index (χ3n) is 4.56. The van der Waals surface area contributed by atoms with Gasteiger partial charge in [0.25, 0.3) is 5.91 Å². The first kappa shape index (κ1) is 20.0. The highest BCUT2D eigenvalue weighted by Gasteiger charge is 2.11. The number of benzene rings is 1. The van der Waals surface area contributed by atoms with Gasteiger partial charge in [0, 0.05) is 45.1 Å². The van der Waals surface area contributed by atoms with Gasteiger partial charge in [0.2, 0.25) is 5.95 Å². The molecule has 1 fully saturated rings. The topological polar surface area (TPSA) is 88.6 Å². The van der Waals surface area contributed by atoms with Gasteiger partial charge in [-0.15, -0.1) is 0 Å². The lowest BCUT2D eigenvalue weighted by Crippen LogP contribution is -2.41. The van der Waals surface area contributed by atoms with E-state index in [4.69, 9.17) is 9.47 Å². The second-order valence-electron chi connectivity index (χ2n) is 6.53. The van der Waals surface area contributed by atoms with Crippen LogP contribution >= 0.6 is 0 Å². The first-order valence-corrected chi connectivity index (χ1v) is 9.52. The number of anilines is 1. The molecule has 0 radical (unpaired) electrons. The van der Waals surface area contributed by atoms with Crippen LogP contribution in [0.5, 0.6) is 5.75 Å². The number of hydrogen-bond acceptors (Lipinski definition) is 7. The fourth-order valence-corrected chi connectivity index (χ4v) is 2.94. The quantitative estimate of drug-likeness (QED) is 0.671. The standard InChI is InChI=1S/C20H27N5O3/c1-27-18-4-2-3-16(13-18)5-6-22-20-23-14-17(15-24-20)19(26)21-7-8-25-9-11-28-12-10-25/h2-4,13-15H,5-12H2,1H3,(H,21,26)(H,22,23,24). The van der Waals surface area contributed by atoms with Crippen molar-refractivity contribution in [2.45, 2.75) is 6.42 Å². The molecule has 0 aliphatic carbocycles. The summed E-state index contributed by atoms with van der Waals surface area (Å²) in [5, 5.41) is 6.08. The Morgan fingerprint density at radius 1 is 1.21 bits per heavy atom. The number of nitrogens with one attached hydrogen (secondary N) is 2. The van der Waals surface area contributed by atoms with Crippen LogP contribution in [0.25, 0.3) is 0 Å². The average molecular weight is 385 g/mol. The zero-order valence-corrected chi connectivity index (χ0v) is 16.2. The summed E-state index contributed by atoms with van der Waals surface area (Å²) < 4.78 is 10.5. The second-order valence-corrected chi connectivity index (χ2v) is 6.53. The third kappa shape index (κ3) is 6.17. The predicted molar refractivity (Wildman–Crippen MR) is 107 cm³/mol. The van der Waals surface area contributed by atoms with E-state index in [-0.39, 0.29) is 5.91 Å². The summed E-state index contributed by atoms with van der Waals surface area (Å²) in [5.74, 6) is 1.20. The Morgan fingerprint density at radius 3 is 2.75 bits per heavy atom. The Morgan fingerprint density at radius 2 is 2.00 bits per heavy atom. The van der Waals surface area contributed by atoms with Crippen LogP contribution in [0.4, 0.5) is 5.95 Å². The zero-order valence-electron chi connectivity index (χ0n) is 16.2. The molecule has 0 atom stereocenters. The van der Waals surface area contributed by atoms with Gasteiger partial charge in [0.05, 0.1) is 25.9 Å². The van der Waals surface area contributed by atoms with Gasteiger partial charge in [-0.1, -0.05) is 12.1 Å². The Hall–Kier alpha value is -2.71. The van der Waals surface area contributed by atoms with Crippen molar-refractivity contribution in [1.29, 1.82) is 0 Å². The molecule has 1 aliphatic heterocycles. The molecule has 150 valence electrons. The van der Waals surface area contributed by atoms with E-state index in [1.165, 1.54) is 5.56 Å². The maximum absolute atomic E-state index is 12.2. The third-order valence-corrected chi connectivity index (χ3v) is 4.56. The number of rotatable bonds is 9. The summed E-state index contributed by atoms with van der Waals surface area (Å²) in [5.41, 5.74) is 1.63. The second kappa shape index (κ2) is 10.6. The minimum absolute atomic E-state index is 0.156. The molecular weight excluding hydrogens is 358 g/mol. The normalized spacial score (nSPS) is 14.5. The number of aromatic nitrogens is 2. The summed E-state index contributed by atoms with van der Waals surface area (Å²) in [6, 6.07) is 7.95. The van der Waals surface area contributed by atoms with E-state index in [0.717, 1.165) is 45.0 Å². The lowest BCUT2D eigenvalue weighted by atomic mass is 10.1. The molecule has 2 heterocycles. The van der Waals surface area contributed by atoms with E-state index in [2.05, 4.69) is 31.6 Å². The van der Waals surface area contributed by atoms with Gasteiger partial charge in [-0.2, -0.15) is 0 Å². The molecule has 8 heteroatoms. The van der Waals surface area contributed by atoms with Gasteiger partial charge in [-0.25, -0.2) is 9.97 Å². The van der Waals surface area contributed by atoms with Crippen LogP contribution < -0.4 is 15.4 Å². The van der Waals surface area contributed by atoms with Crippen LogP contribution in [-0.4, -0.2) is 73.8 Å². The van der Waals surface area contributed by atoms with Gasteiger partial charge in [-0.3, -0.25) is 9.69 Å². The molecule has 1 aromatic carbocycles. The van der Waals surface area contributed by atoms with E-state index < -0.39 is 0 Å². The van der Waals surface area contributed by atoms with Crippen LogP contribution in [0.2, 0.25) is 0 Å². The van der Waals surface area contributed by atoms with Crippen molar-refractivity contribution in [3.05, 3.63) is 47.8 Å². The molecule has 8 nitrogen and oxygen atoms in total. The number of nitrogens with zero attached hydrogens (tertiary/aromatic N) is 3. The summed E-state index contributed by atoms with van der Waals surface area (Å²) in [6.07, 6.45) is 3.92. The Labute approximate surface area is 165 Å². The number of carbonyl (C=O) groups is 1. The highest BCUT2D eigenvalue weighted by atomic mass is 16.5. The van der Waals surface area contributed by atoms with Crippen LogP contribution in [0, 0.1) is 0 Å². The smallest absolute Gasteiger partial charge is 0.254 e. The largest absolute Gasteiger partial charge is 0.497 e. The molecule has 1 amide bonds. The summed E-state index contributed by atoms with van der Waals surface area (Å²) in [7, 11) is 1.66. The van der Waals surface area contributed by atoms with Gasteiger partial charge in [-0.05, 0) is 24.1 Å². The van der Waals surface area contributed by atoms with Gasteiger partial charge >= 0.3 is 0 Å². The van der Waals surface area contributed by atoms with E-state index in [1.807, 2.05) is 18.2 Å². The SMILES string of the molecule is COc1cccc(CCNc2ncc(C(=O)NCCN3CCOCC3)cn2)c1.